The Hall–Kier alpha value is -1.39. The highest BCUT2D eigenvalue weighted by Gasteiger charge is 2.51. The second-order valence-electron chi connectivity index (χ2n) is 7.54. The summed E-state index contributed by atoms with van der Waals surface area (Å²) in [5.41, 5.74) is 0.616. The number of aliphatic hydroxyl groups excluding tert-OH is 1. The van der Waals surface area contributed by atoms with E-state index in [4.69, 9.17) is 0 Å². The van der Waals surface area contributed by atoms with Crippen molar-refractivity contribution in [2.24, 2.45) is 11.3 Å². The third-order valence-electron chi connectivity index (χ3n) is 5.19. The van der Waals surface area contributed by atoms with Crippen LogP contribution in [-0.2, 0) is 4.79 Å². The molecule has 2 heterocycles. The van der Waals surface area contributed by atoms with Crippen LogP contribution in [0.2, 0.25) is 0 Å². The summed E-state index contributed by atoms with van der Waals surface area (Å²) in [6.07, 6.45) is 1.94. The van der Waals surface area contributed by atoms with E-state index in [1.807, 2.05) is 35.2 Å². The molecular formula is C19H28N2O2. The number of nitrogens with zero attached hydrogens (tertiary/aromatic N) is 1. The molecule has 1 aromatic carbocycles. The zero-order valence-corrected chi connectivity index (χ0v) is 14.2. The number of piperidine rings is 2. The van der Waals surface area contributed by atoms with Gasteiger partial charge in [0.2, 0.25) is 5.91 Å². The van der Waals surface area contributed by atoms with Crippen LogP contribution in [0.1, 0.15) is 44.7 Å². The molecule has 3 rings (SSSR count). The van der Waals surface area contributed by atoms with Crippen LogP contribution in [0, 0.1) is 11.3 Å². The van der Waals surface area contributed by atoms with Crippen LogP contribution in [-0.4, -0.2) is 41.7 Å². The van der Waals surface area contributed by atoms with Gasteiger partial charge in [-0.1, -0.05) is 44.2 Å². The van der Waals surface area contributed by atoms with Crippen molar-refractivity contribution >= 4 is 5.91 Å². The predicted octanol–water partition coefficient (Wildman–Crippen LogP) is 2.35. The van der Waals surface area contributed by atoms with Crippen LogP contribution in [0.15, 0.2) is 30.3 Å². The first-order chi connectivity index (χ1) is 11.0. The van der Waals surface area contributed by atoms with Gasteiger partial charge in [0.25, 0.3) is 0 Å². The smallest absolute Gasteiger partial charge is 0.230 e. The van der Waals surface area contributed by atoms with Gasteiger partial charge in [0.1, 0.15) is 0 Å². The van der Waals surface area contributed by atoms with Gasteiger partial charge in [-0.15, -0.1) is 0 Å². The quantitative estimate of drug-likeness (QED) is 0.900. The molecule has 1 amide bonds. The van der Waals surface area contributed by atoms with Crippen molar-refractivity contribution in [2.45, 2.75) is 45.3 Å². The molecule has 4 heteroatoms. The van der Waals surface area contributed by atoms with E-state index in [0.29, 0.717) is 25.4 Å². The summed E-state index contributed by atoms with van der Waals surface area (Å²) in [6.45, 7) is 6.61. The molecule has 2 fully saturated rings. The molecule has 0 aliphatic carbocycles. The summed E-state index contributed by atoms with van der Waals surface area (Å²) in [5.74, 6) is 0.599. The molecule has 0 radical (unpaired) electrons. The molecule has 2 saturated heterocycles. The topological polar surface area (TPSA) is 52.6 Å². The van der Waals surface area contributed by atoms with E-state index < -0.39 is 11.5 Å². The van der Waals surface area contributed by atoms with Crippen molar-refractivity contribution in [2.75, 3.05) is 19.6 Å². The molecule has 126 valence electrons. The Morgan fingerprint density at radius 3 is 2.70 bits per heavy atom. The fourth-order valence-corrected chi connectivity index (χ4v) is 4.20. The van der Waals surface area contributed by atoms with E-state index in [-0.39, 0.29) is 11.9 Å². The maximum Gasteiger partial charge on any atom is 0.230 e. The summed E-state index contributed by atoms with van der Waals surface area (Å²) in [7, 11) is 0. The number of hydrogen-bond acceptors (Lipinski definition) is 3. The van der Waals surface area contributed by atoms with Crippen LogP contribution in [0.3, 0.4) is 0 Å². The first-order valence-electron chi connectivity index (χ1n) is 8.78. The third-order valence-corrected chi connectivity index (χ3v) is 5.19. The van der Waals surface area contributed by atoms with Gasteiger partial charge in [0.05, 0.1) is 17.6 Å². The number of hydrogen-bond donors (Lipinski definition) is 2. The lowest BCUT2D eigenvalue weighted by molar-refractivity contribution is -0.162. The Kier molecular flexibility index (Phi) is 4.74. The van der Waals surface area contributed by atoms with Crippen LogP contribution in [0.4, 0.5) is 0 Å². The second kappa shape index (κ2) is 6.62. The molecule has 1 spiro atoms. The number of nitrogens with one attached hydrogen (secondary N) is 1. The van der Waals surface area contributed by atoms with Gasteiger partial charge in [-0.05, 0) is 37.3 Å². The second-order valence-corrected chi connectivity index (χ2v) is 7.54. The fourth-order valence-electron chi connectivity index (χ4n) is 4.20. The Bertz CT molecular complexity index is 538. The van der Waals surface area contributed by atoms with Crippen molar-refractivity contribution in [1.82, 2.24) is 10.2 Å². The molecule has 2 aliphatic rings. The van der Waals surface area contributed by atoms with Crippen molar-refractivity contribution < 1.29 is 9.90 Å². The largest absolute Gasteiger partial charge is 0.391 e. The lowest BCUT2D eigenvalue weighted by Crippen LogP contribution is -2.60. The molecule has 2 N–H and O–H groups in total. The molecule has 4 nitrogen and oxygen atoms in total. The number of amides is 1. The molecule has 0 bridgehead atoms. The molecule has 2 aliphatic heterocycles. The van der Waals surface area contributed by atoms with Crippen molar-refractivity contribution in [3.8, 4) is 0 Å². The third kappa shape index (κ3) is 3.15. The summed E-state index contributed by atoms with van der Waals surface area (Å²) in [4.78, 5) is 15.3. The van der Waals surface area contributed by atoms with Crippen LogP contribution in [0.5, 0.6) is 0 Å². The fraction of sp³-hybridized carbons (Fsp3) is 0.632. The number of likely N-dealkylation sites (tertiary alicyclic amines) is 1. The first-order valence-corrected chi connectivity index (χ1v) is 8.78. The van der Waals surface area contributed by atoms with Gasteiger partial charge in [-0.25, -0.2) is 0 Å². The predicted molar refractivity (Wildman–Crippen MR) is 90.9 cm³/mol. The van der Waals surface area contributed by atoms with Gasteiger partial charge in [0.15, 0.2) is 0 Å². The maximum atomic E-state index is 13.3. The van der Waals surface area contributed by atoms with Crippen LogP contribution < -0.4 is 5.32 Å². The van der Waals surface area contributed by atoms with Crippen molar-refractivity contribution in [3.63, 3.8) is 0 Å². The standard InChI is InChI=1S/C19H28N2O2/c1-14(2)12-21-17(15-7-4-3-5-8-15)16(22)11-19(18(21)23)9-6-10-20-13-19/h3-5,7-8,14,16-17,20,22H,6,9-13H2,1-2H3/t16-,17+,19+/m1/s1. The van der Waals surface area contributed by atoms with Gasteiger partial charge in [0, 0.05) is 13.1 Å². The average Bonchev–Trinajstić information content (AvgIpc) is 2.54. The Morgan fingerprint density at radius 1 is 1.35 bits per heavy atom. The SMILES string of the molecule is CC(C)CN1C(=O)[C@@]2(CCCNC2)C[C@@H](O)[C@@H]1c1ccccc1. The van der Waals surface area contributed by atoms with E-state index >= 15 is 0 Å². The van der Waals surface area contributed by atoms with Gasteiger partial charge < -0.3 is 15.3 Å². The van der Waals surface area contributed by atoms with E-state index in [9.17, 15) is 9.90 Å². The number of carbonyl (C=O) groups excluding carboxylic acids is 1. The monoisotopic (exact) mass is 316 g/mol. The minimum Gasteiger partial charge on any atom is -0.391 e. The number of aliphatic hydroxyl groups is 1. The summed E-state index contributed by atoms with van der Waals surface area (Å²) < 4.78 is 0. The number of benzene rings is 1. The highest BCUT2D eigenvalue weighted by Crippen LogP contribution is 2.44. The molecule has 1 aromatic rings. The zero-order valence-electron chi connectivity index (χ0n) is 14.2. The molecule has 0 saturated carbocycles. The molecule has 3 atom stereocenters. The molecule has 0 unspecified atom stereocenters. The van der Waals surface area contributed by atoms with E-state index in [1.54, 1.807) is 0 Å². The lowest BCUT2D eigenvalue weighted by atomic mass is 9.70. The van der Waals surface area contributed by atoms with E-state index in [1.165, 1.54) is 0 Å². The summed E-state index contributed by atoms with van der Waals surface area (Å²) >= 11 is 0. The molecular weight excluding hydrogens is 288 g/mol. The van der Waals surface area contributed by atoms with Crippen LogP contribution in [0.25, 0.3) is 0 Å². The minimum absolute atomic E-state index is 0.220. The van der Waals surface area contributed by atoms with E-state index in [0.717, 1.165) is 24.9 Å². The molecule has 23 heavy (non-hydrogen) atoms. The average molecular weight is 316 g/mol. The number of carbonyl (C=O) groups is 1. The normalized spacial score (nSPS) is 31.8. The first kappa shape index (κ1) is 16.5. The summed E-state index contributed by atoms with van der Waals surface area (Å²) in [6, 6.07) is 9.75. The highest BCUT2D eigenvalue weighted by molar-refractivity contribution is 5.85. The van der Waals surface area contributed by atoms with E-state index in [2.05, 4.69) is 19.2 Å². The Balaban J connectivity index is 1.95. The number of rotatable bonds is 3. The maximum absolute atomic E-state index is 13.3. The van der Waals surface area contributed by atoms with Gasteiger partial charge >= 0.3 is 0 Å². The minimum atomic E-state index is -0.506. The highest BCUT2D eigenvalue weighted by atomic mass is 16.3. The summed E-state index contributed by atoms with van der Waals surface area (Å²) in [5, 5.41) is 14.3. The Morgan fingerprint density at radius 2 is 2.09 bits per heavy atom. The van der Waals surface area contributed by atoms with Gasteiger partial charge in [-0.3, -0.25) is 4.79 Å². The lowest BCUT2D eigenvalue weighted by Gasteiger charge is -2.50. The van der Waals surface area contributed by atoms with Crippen molar-refractivity contribution in [3.05, 3.63) is 35.9 Å². The van der Waals surface area contributed by atoms with Crippen molar-refractivity contribution in [1.29, 1.82) is 0 Å². The van der Waals surface area contributed by atoms with Gasteiger partial charge in [-0.2, -0.15) is 0 Å². The van der Waals surface area contributed by atoms with Crippen LogP contribution >= 0.6 is 0 Å². The Labute approximate surface area is 138 Å². The molecule has 0 aromatic heterocycles. The zero-order chi connectivity index (χ0) is 16.4.